The van der Waals surface area contributed by atoms with Crippen molar-refractivity contribution in [2.75, 3.05) is 24.2 Å². The minimum atomic E-state index is -3.15. The highest BCUT2D eigenvalue weighted by Crippen LogP contribution is 2.17. The third-order valence-corrected chi connectivity index (χ3v) is 5.65. The molecule has 1 fully saturated rings. The molecule has 1 aliphatic heterocycles. The molecule has 0 aromatic heterocycles. The molecule has 1 N–H and O–H groups in total. The van der Waals surface area contributed by atoms with Gasteiger partial charge in [-0.25, -0.2) is 12.7 Å². The van der Waals surface area contributed by atoms with Crippen molar-refractivity contribution in [3.8, 4) is 0 Å². The lowest BCUT2D eigenvalue weighted by Gasteiger charge is -2.25. The molecular weight excluding hydrogens is 288 g/mol. The number of carbonyl (C=O) groups is 1. The Bertz CT molecular complexity index is 626. The number of aryl methyl sites for hydroxylation is 2. The zero-order valence-electron chi connectivity index (χ0n) is 12.6. The Morgan fingerprint density at radius 1 is 1.29 bits per heavy atom. The van der Waals surface area contributed by atoms with Crippen molar-refractivity contribution < 1.29 is 13.2 Å². The normalized spacial score (nSPS) is 18.4. The minimum Gasteiger partial charge on any atom is -0.326 e. The molecule has 0 saturated carbocycles. The molecule has 0 radical (unpaired) electrons. The molecule has 1 amide bonds. The Hall–Kier alpha value is -1.40. The van der Waals surface area contributed by atoms with Crippen LogP contribution in [0.15, 0.2) is 18.2 Å². The van der Waals surface area contributed by atoms with Crippen LogP contribution in [-0.4, -0.2) is 37.5 Å². The highest BCUT2D eigenvalue weighted by atomic mass is 32.2. The van der Waals surface area contributed by atoms with E-state index in [1.54, 1.807) is 0 Å². The maximum Gasteiger partial charge on any atom is 0.225 e. The summed E-state index contributed by atoms with van der Waals surface area (Å²) in [6.07, 6.45) is 1.78. The van der Waals surface area contributed by atoms with Gasteiger partial charge < -0.3 is 5.32 Å². The molecule has 0 unspecified atom stereocenters. The first-order chi connectivity index (χ1) is 9.88. The number of nitrogens with zero attached hydrogens (tertiary/aromatic N) is 1. The van der Waals surface area contributed by atoms with Crippen molar-refractivity contribution in [3.63, 3.8) is 0 Å². The molecule has 1 saturated heterocycles. The largest absolute Gasteiger partial charge is 0.326 e. The predicted octanol–water partition coefficient (Wildman–Crippen LogP) is 2.06. The summed E-state index contributed by atoms with van der Waals surface area (Å²) in [5.41, 5.74) is 2.94. The Morgan fingerprint density at radius 3 is 2.71 bits per heavy atom. The number of amides is 1. The number of nitrogens with one attached hydrogen (secondary N) is 1. The van der Waals surface area contributed by atoms with E-state index in [-0.39, 0.29) is 24.6 Å². The third-order valence-electron chi connectivity index (χ3n) is 3.70. The zero-order chi connectivity index (χ0) is 15.5. The number of rotatable bonds is 4. The van der Waals surface area contributed by atoms with E-state index in [4.69, 9.17) is 0 Å². The van der Waals surface area contributed by atoms with Crippen LogP contribution in [0.2, 0.25) is 0 Å². The van der Waals surface area contributed by atoms with Gasteiger partial charge in [0, 0.05) is 25.2 Å². The number of carbonyl (C=O) groups excluding carboxylic acids is 1. The van der Waals surface area contributed by atoms with Gasteiger partial charge in [-0.05, 0) is 38.3 Å². The predicted molar refractivity (Wildman–Crippen MR) is 83.8 cm³/mol. The summed E-state index contributed by atoms with van der Waals surface area (Å²) < 4.78 is 25.1. The second-order valence-corrected chi connectivity index (χ2v) is 7.63. The maximum atomic E-state index is 12.0. The number of hydrogen-bond donors (Lipinski definition) is 1. The fourth-order valence-electron chi connectivity index (χ4n) is 2.48. The Balaban J connectivity index is 1.90. The van der Waals surface area contributed by atoms with Gasteiger partial charge in [-0.3, -0.25) is 4.79 Å². The average molecular weight is 310 g/mol. The number of anilines is 1. The van der Waals surface area contributed by atoms with Gasteiger partial charge in [-0.1, -0.05) is 17.7 Å². The minimum absolute atomic E-state index is 0.150. The Labute approximate surface area is 126 Å². The summed E-state index contributed by atoms with van der Waals surface area (Å²) in [6.45, 7) is 4.73. The summed E-state index contributed by atoms with van der Waals surface area (Å²) in [6, 6.07) is 5.82. The van der Waals surface area contributed by atoms with Gasteiger partial charge in [-0.2, -0.15) is 0 Å². The monoisotopic (exact) mass is 310 g/mol. The maximum absolute atomic E-state index is 12.0. The quantitative estimate of drug-likeness (QED) is 0.925. The summed E-state index contributed by atoms with van der Waals surface area (Å²) in [5.74, 6) is 0.0498. The molecule has 21 heavy (non-hydrogen) atoms. The molecule has 0 bridgehead atoms. The molecule has 1 aromatic carbocycles. The summed E-state index contributed by atoms with van der Waals surface area (Å²) >= 11 is 0. The molecule has 0 spiro atoms. The van der Waals surface area contributed by atoms with Gasteiger partial charge in [0.25, 0.3) is 0 Å². The highest BCUT2D eigenvalue weighted by molar-refractivity contribution is 7.89. The first-order valence-corrected chi connectivity index (χ1v) is 8.84. The van der Waals surface area contributed by atoms with E-state index < -0.39 is 10.0 Å². The van der Waals surface area contributed by atoms with Crippen molar-refractivity contribution in [1.29, 1.82) is 0 Å². The highest BCUT2D eigenvalue weighted by Gasteiger charge is 2.25. The molecule has 116 valence electrons. The molecule has 5 nitrogen and oxygen atoms in total. The lowest BCUT2D eigenvalue weighted by Crippen LogP contribution is -2.39. The van der Waals surface area contributed by atoms with E-state index >= 15 is 0 Å². The van der Waals surface area contributed by atoms with Crippen molar-refractivity contribution in [3.05, 3.63) is 29.3 Å². The van der Waals surface area contributed by atoms with Crippen LogP contribution in [0.3, 0.4) is 0 Å². The van der Waals surface area contributed by atoms with Gasteiger partial charge in [0.1, 0.15) is 0 Å². The van der Waals surface area contributed by atoms with Crippen LogP contribution < -0.4 is 5.32 Å². The molecule has 1 heterocycles. The van der Waals surface area contributed by atoms with Crippen LogP contribution in [0.1, 0.15) is 30.4 Å². The molecule has 6 heteroatoms. The summed E-state index contributed by atoms with van der Waals surface area (Å²) in [5, 5.41) is 2.84. The molecule has 0 aliphatic carbocycles. The fraction of sp³-hybridized carbons (Fsp3) is 0.533. The van der Waals surface area contributed by atoms with Gasteiger partial charge in [-0.15, -0.1) is 0 Å². The standard InChI is InChI=1S/C15H22N2O3S/c1-12-5-6-14(13(2)11-12)16-15(18)7-9-17-8-3-4-10-21(17,19)20/h5-6,11H,3-4,7-10H2,1-2H3,(H,16,18). The van der Waals surface area contributed by atoms with Crippen molar-refractivity contribution >= 4 is 21.6 Å². The lowest BCUT2D eigenvalue weighted by atomic mass is 10.1. The van der Waals surface area contributed by atoms with Crippen LogP contribution in [0.25, 0.3) is 0 Å². The SMILES string of the molecule is Cc1ccc(NC(=O)CCN2CCCCS2(=O)=O)c(C)c1. The van der Waals surface area contributed by atoms with Crippen LogP contribution in [0.5, 0.6) is 0 Å². The van der Waals surface area contributed by atoms with Gasteiger partial charge in [0.05, 0.1) is 5.75 Å². The average Bonchev–Trinajstić information content (AvgIpc) is 2.40. The van der Waals surface area contributed by atoms with Gasteiger partial charge in [0.15, 0.2) is 0 Å². The van der Waals surface area contributed by atoms with Crippen molar-refractivity contribution in [2.45, 2.75) is 33.1 Å². The van der Waals surface area contributed by atoms with Crippen LogP contribution in [-0.2, 0) is 14.8 Å². The smallest absolute Gasteiger partial charge is 0.225 e. The summed E-state index contributed by atoms with van der Waals surface area (Å²) in [4.78, 5) is 12.0. The zero-order valence-corrected chi connectivity index (χ0v) is 13.4. The number of benzene rings is 1. The molecule has 1 aliphatic rings. The molecule has 0 atom stereocenters. The van der Waals surface area contributed by atoms with E-state index in [9.17, 15) is 13.2 Å². The lowest BCUT2D eigenvalue weighted by molar-refractivity contribution is -0.116. The second kappa shape index (κ2) is 6.58. The third kappa shape index (κ3) is 4.28. The van der Waals surface area contributed by atoms with Crippen LogP contribution in [0, 0.1) is 13.8 Å². The Morgan fingerprint density at radius 2 is 2.05 bits per heavy atom. The van der Waals surface area contributed by atoms with E-state index in [1.165, 1.54) is 4.31 Å². The Kier molecular flexibility index (Phi) is 5.00. The van der Waals surface area contributed by atoms with E-state index in [2.05, 4.69) is 5.32 Å². The number of hydrogen-bond acceptors (Lipinski definition) is 3. The fourth-order valence-corrected chi connectivity index (χ4v) is 4.09. The first-order valence-electron chi connectivity index (χ1n) is 7.23. The molecule has 2 rings (SSSR count). The van der Waals surface area contributed by atoms with Crippen LogP contribution in [0.4, 0.5) is 5.69 Å². The van der Waals surface area contributed by atoms with Crippen LogP contribution >= 0.6 is 0 Å². The number of sulfonamides is 1. The van der Waals surface area contributed by atoms with Gasteiger partial charge in [0.2, 0.25) is 15.9 Å². The van der Waals surface area contributed by atoms with Gasteiger partial charge >= 0.3 is 0 Å². The first kappa shape index (κ1) is 16.0. The van der Waals surface area contributed by atoms with Crippen molar-refractivity contribution in [1.82, 2.24) is 4.31 Å². The van der Waals surface area contributed by atoms with E-state index in [1.807, 2.05) is 32.0 Å². The molecule has 1 aromatic rings. The topological polar surface area (TPSA) is 66.5 Å². The van der Waals surface area contributed by atoms with E-state index in [0.29, 0.717) is 13.0 Å². The van der Waals surface area contributed by atoms with Crippen molar-refractivity contribution in [2.24, 2.45) is 0 Å². The second-order valence-electron chi connectivity index (χ2n) is 5.54. The molecular formula is C15H22N2O3S. The summed E-state index contributed by atoms with van der Waals surface area (Å²) in [7, 11) is -3.15. The van der Waals surface area contributed by atoms with E-state index in [0.717, 1.165) is 23.2 Å².